The largest absolute Gasteiger partial charge is 0.380 e. The lowest BCUT2D eigenvalue weighted by atomic mass is 10.2. The van der Waals surface area contributed by atoms with Crippen molar-refractivity contribution in [1.82, 2.24) is 0 Å². The van der Waals surface area contributed by atoms with Crippen molar-refractivity contribution in [2.75, 3.05) is 5.32 Å². The van der Waals surface area contributed by atoms with Gasteiger partial charge in [-0.3, -0.25) is 10.1 Å². The van der Waals surface area contributed by atoms with Crippen LogP contribution in [0.25, 0.3) is 0 Å². The molecular formula is C14H12BrClN2O2. The number of benzene rings is 2. The Bertz CT molecular complexity index is 662. The van der Waals surface area contributed by atoms with Crippen molar-refractivity contribution in [3.8, 4) is 0 Å². The fourth-order valence-electron chi connectivity index (χ4n) is 1.76. The Morgan fingerprint density at radius 1 is 1.30 bits per heavy atom. The minimum Gasteiger partial charge on any atom is -0.380 e. The van der Waals surface area contributed by atoms with Crippen LogP contribution in [-0.2, 0) is 6.54 Å². The molecule has 0 amide bonds. The fraction of sp³-hybridized carbons (Fsp3) is 0.143. The van der Waals surface area contributed by atoms with Gasteiger partial charge in [-0.2, -0.15) is 0 Å². The molecule has 6 heteroatoms. The Hall–Kier alpha value is -1.59. The van der Waals surface area contributed by atoms with E-state index < -0.39 is 4.92 Å². The van der Waals surface area contributed by atoms with Gasteiger partial charge in [-0.05, 0) is 52.2 Å². The number of rotatable bonds is 4. The predicted molar refractivity (Wildman–Crippen MR) is 84.3 cm³/mol. The normalized spacial score (nSPS) is 10.3. The molecule has 0 aliphatic rings. The van der Waals surface area contributed by atoms with Gasteiger partial charge >= 0.3 is 0 Å². The molecular weight excluding hydrogens is 344 g/mol. The number of hydrogen-bond acceptors (Lipinski definition) is 3. The van der Waals surface area contributed by atoms with E-state index in [1.54, 1.807) is 6.07 Å². The van der Waals surface area contributed by atoms with Crippen LogP contribution in [0, 0.1) is 17.0 Å². The monoisotopic (exact) mass is 354 g/mol. The average Bonchev–Trinajstić information content (AvgIpc) is 2.39. The van der Waals surface area contributed by atoms with E-state index in [-0.39, 0.29) is 5.69 Å². The molecule has 0 aliphatic heterocycles. The van der Waals surface area contributed by atoms with E-state index in [1.165, 1.54) is 12.1 Å². The highest BCUT2D eigenvalue weighted by atomic mass is 79.9. The van der Waals surface area contributed by atoms with E-state index in [4.69, 9.17) is 11.6 Å². The van der Waals surface area contributed by atoms with Crippen LogP contribution < -0.4 is 5.32 Å². The summed E-state index contributed by atoms with van der Waals surface area (Å²) in [6.45, 7) is 2.42. The Kier molecular flexibility index (Phi) is 4.62. The minimum absolute atomic E-state index is 0.0363. The van der Waals surface area contributed by atoms with Crippen molar-refractivity contribution in [3.63, 3.8) is 0 Å². The number of nitrogens with zero attached hydrogens (tertiary/aromatic N) is 1. The van der Waals surface area contributed by atoms with Crippen LogP contribution in [0.15, 0.2) is 40.9 Å². The highest BCUT2D eigenvalue weighted by Gasteiger charge is 2.10. The van der Waals surface area contributed by atoms with Crippen molar-refractivity contribution in [2.24, 2.45) is 0 Å². The molecule has 4 nitrogen and oxygen atoms in total. The molecule has 0 saturated heterocycles. The van der Waals surface area contributed by atoms with Crippen LogP contribution in [0.1, 0.15) is 11.1 Å². The summed E-state index contributed by atoms with van der Waals surface area (Å²) < 4.78 is 0.944. The van der Waals surface area contributed by atoms with Gasteiger partial charge in [0.05, 0.1) is 4.92 Å². The second kappa shape index (κ2) is 6.24. The van der Waals surface area contributed by atoms with Crippen LogP contribution in [0.3, 0.4) is 0 Å². The Morgan fingerprint density at radius 3 is 2.70 bits per heavy atom. The van der Waals surface area contributed by atoms with E-state index in [9.17, 15) is 10.1 Å². The zero-order valence-electron chi connectivity index (χ0n) is 10.7. The molecule has 0 spiro atoms. The lowest BCUT2D eigenvalue weighted by Crippen LogP contribution is -2.02. The first-order chi connectivity index (χ1) is 9.47. The zero-order chi connectivity index (χ0) is 14.7. The first-order valence-corrected chi connectivity index (χ1v) is 7.07. The number of non-ortho nitro benzene ring substituents is 1. The predicted octanol–water partition coefficient (Wildman–Crippen LogP) is 4.93. The van der Waals surface area contributed by atoms with Gasteiger partial charge in [0.25, 0.3) is 5.69 Å². The number of aryl methyl sites for hydroxylation is 1. The van der Waals surface area contributed by atoms with Gasteiger partial charge in [0.2, 0.25) is 0 Å². The molecule has 0 aromatic heterocycles. The molecule has 2 rings (SSSR count). The number of nitro groups is 1. The van der Waals surface area contributed by atoms with Gasteiger partial charge in [-0.25, -0.2) is 0 Å². The standard InChI is InChI=1S/C14H12BrClN2O2/c1-9-2-5-14(12(15)6-9)17-8-10-7-11(18(19)20)3-4-13(10)16/h2-7,17H,8H2,1H3. The third-order valence-corrected chi connectivity index (χ3v) is 3.86. The molecule has 1 N–H and O–H groups in total. The molecule has 0 saturated carbocycles. The molecule has 0 radical (unpaired) electrons. The first kappa shape index (κ1) is 14.8. The lowest BCUT2D eigenvalue weighted by molar-refractivity contribution is -0.384. The van der Waals surface area contributed by atoms with Gasteiger partial charge in [0.15, 0.2) is 0 Å². The van der Waals surface area contributed by atoms with E-state index >= 15 is 0 Å². The molecule has 0 atom stereocenters. The molecule has 20 heavy (non-hydrogen) atoms. The Labute approximate surface area is 130 Å². The second-order valence-electron chi connectivity index (χ2n) is 4.37. The summed E-state index contributed by atoms with van der Waals surface area (Å²) >= 11 is 9.53. The maximum Gasteiger partial charge on any atom is 0.269 e. The number of hydrogen-bond donors (Lipinski definition) is 1. The molecule has 2 aromatic carbocycles. The molecule has 0 bridgehead atoms. The third-order valence-electron chi connectivity index (χ3n) is 2.83. The van der Waals surface area contributed by atoms with Crippen LogP contribution in [0.4, 0.5) is 11.4 Å². The van der Waals surface area contributed by atoms with Crippen molar-refractivity contribution < 1.29 is 4.92 Å². The summed E-state index contributed by atoms with van der Waals surface area (Å²) in [6.07, 6.45) is 0. The maximum absolute atomic E-state index is 10.8. The number of halogens is 2. The quantitative estimate of drug-likeness (QED) is 0.625. The van der Waals surface area contributed by atoms with Gasteiger partial charge in [-0.1, -0.05) is 17.7 Å². The molecule has 0 fully saturated rings. The highest BCUT2D eigenvalue weighted by molar-refractivity contribution is 9.10. The number of nitrogens with one attached hydrogen (secondary N) is 1. The van der Waals surface area contributed by atoms with Crippen molar-refractivity contribution in [3.05, 3.63) is 67.1 Å². The molecule has 0 aliphatic carbocycles. The molecule has 0 heterocycles. The van der Waals surface area contributed by atoms with Crippen molar-refractivity contribution >= 4 is 38.9 Å². The SMILES string of the molecule is Cc1ccc(NCc2cc([N+](=O)[O-])ccc2Cl)c(Br)c1. The topological polar surface area (TPSA) is 55.2 Å². The number of nitro benzene ring substituents is 1. The van der Waals surface area contributed by atoms with Crippen LogP contribution in [0.2, 0.25) is 5.02 Å². The smallest absolute Gasteiger partial charge is 0.269 e. The summed E-state index contributed by atoms with van der Waals surface area (Å²) in [5.74, 6) is 0. The third kappa shape index (κ3) is 3.49. The second-order valence-corrected chi connectivity index (χ2v) is 5.63. The number of anilines is 1. The van der Waals surface area contributed by atoms with Gasteiger partial charge in [0, 0.05) is 33.9 Å². The lowest BCUT2D eigenvalue weighted by Gasteiger charge is -2.10. The summed E-state index contributed by atoms with van der Waals surface area (Å²) in [5, 5.41) is 14.5. The highest BCUT2D eigenvalue weighted by Crippen LogP contribution is 2.26. The Morgan fingerprint density at radius 2 is 2.05 bits per heavy atom. The summed E-state index contributed by atoms with van der Waals surface area (Å²) in [4.78, 5) is 10.3. The maximum atomic E-state index is 10.8. The van der Waals surface area contributed by atoms with Gasteiger partial charge in [-0.15, -0.1) is 0 Å². The van der Waals surface area contributed by atoms with Crippen LogP contribution >= 0.6 is 27.5 Å². The first-order valence-electron chi connectivity index (χ1n) is 5.90. The Balaban J connectivity index is 2.18. The summed E-state index contributed by atoms with van der Waals surface area (Å²) in [5.41, 5.74) is 2.79. The van der Waals surface area contributed by atoms with E-state index in [2.05, 4.69) is 21.2 Å². The van der Waals surface area contributed by atoms with E-state index in [0.29, 0.717) is 17.1 Å². The van der Waals surface area contributed by atoms with Gasteiger partial charge < -0.3 is 5.32 Å². The van der Waals surface area contributed by atoms with Crippen LogP contribution in [-0.4, -0.2) is 4.92 Å². The van der Waals surface area contributed by atoms with Crippen molar-refractivity contribution in [1.29, 1.82) is 0 Å². The summed E-state index contributed by atoms with van der Waals surface area (Å²) in [7, 11) is 0. The molecule has 0 unspecified atom stereocenters. The average molecular weight is 356 g/mol. The molecule has 2 aromatic rings. The summed E-state index contributed by atoms with van der Waals surface area (Å²) in [6, 6.07) is 10.4. The van der Waals surface area contributed by atoms with Crippen LogP contribution in [0.5, 0.6) is 0 Å². The fourth-order valence-corrected chi connectivity index (χ4v) is 2.58. The van der Waals surface area contributed by atoms with Gasteiger partial charge in [0.1, 0.15) is 0 Å². The van der Waals surface area contributed by atoms with E-state index in [0.717, 1.165) is 15.7 Å². The minimum atomic E-state index is -0.429. The molecule has 104 valence electrons. The van der Waals surface area contributed by atoms with E-state index in [1.807, 2.05) is 25.1 Å². The van der Waals surface area contributed by atoms with Crippen molar-refractivity contribution in [2.45, 2.75) is 13.5 Å². The zero-order valence-corrected chi connectivity index (χ0v) is 13.0.